The molecule has 0 radical (unpaired) electrons. The molecule has 9 heteroatoms. The summed E-state index contributed by atoms with van der Waals surface area (Å²) >= 11 is 1.33. The maximum absolute atomic E-state index is 12.1. The first-order valence-electron chi connectivity index (χ1n) is 9.64. The highest BCUT2D eigenvalue weighted by molar-refractivity contribution is 7.99. The second-order valence-corrected chi connectivity index (χ2v) is 8.12. The van der Waals surface area contributed by atoms with Gasteiger partial charge in [0.15, 0.2) is 5.16 Å². The highest BCUT2D eigenvalue weighted by atomic mass is 32.2. The Morgan fingerprint density at radius 3 is 2.79 bits per heavy atom. The van der Waals surface area contributed by atoms with Crippen molar-refractivity contribution in [2.45, 2.75) is 45.3 Å². The lowest BCUT2D eigenvalue weighted by Crippen LogP contribution is -2.29. The number of amides is 2. The third-order valence-corrected chi connectivity index (χ3v) is 4.92. The highest BCUT2D eigenvalue weighted by Gasteiger charge is 2.15. The van der Waals surface area contributed by atoms with Gasteiger partial charge in [0.25, 0.3) is 0 Å². The Hall–Kier alpha value is -2.55. The number of rotatable bonds is 12. The Morgan fingerprint density at radius 2 is 2.10 bits per heavy atom. The Bertz CT molecular complexity index is 822. The fourth-order valence-corrected chi connectivity index (χ4v) is 3.44. The Balaban J connectivity index is 1.80. The number of benzene rings is 1. The topological polar surface area (TPSA) is 112 Å². The summed E-state index contributed by atoms with van der Waals surface area (Å²) in [4.78, 5) is 23.2. The second-order valence-electron chi connectivity index (χ2n) is 7.17. The van der Waals surface area contributed by atoms with E-state index in [-0.39, 0.29) is 24.0 Å². The normalized spacial score (nSPS) is 10.9. The van der Waals surface area contributed by atoms with Crippen molar-refractivity contribution >= 4 is 23.6 Å². The van der Waals surface area contributed by atoms with Crippen LogP contribution in [0.15, 0.2) is 29.4 Å². The molecule has 1 aromatic carbocycles. The van der Waals surface area contributed by atoms with Gasteiger partial charge in [-0.25, -0.2) is 0 Å². The number of primary amides is 1. The van der Waals surface area contributed by atoms with E-state index in [1.54, 1.807) is 0 Å². The molecule has 29 heavy (non-hydrogen) atoms. The summed E-state index contributed by atoms with van der Waals surface area (Å²) < 4.78 is 7.59. The summed E-state index contributed by atoms with van der Waals surface area (Å²) in [5.74, 6) is 1.65. The van der Waals surface area contributed by atoms with Gasteiger partial charge in [0, 0.05) is 19.4 Å². The highest BCUT2D eigenvalue weighted by Crippen LogP contribution is 2.19. The number of thioether (sulfide) groups is 1. The van der Waals surface area contributed by atoms with Crippen molar-refractivity contribution in [2.75, 3.05) is 18.9 Å². The Morgan fingerprint density at radius 1 is 1.31 bits per heavy atom. The molecule has 0 fully saturated rings. The van der Waals surface area contributed by atoms with Crippen LogP contribution < -0.4 is 15.8 Å². The third kappa shape index (κ3) is 8.15. The van der Waals surface area contributed by atoms with Gasteiger partial charge in [-0.2, -0.15) is 0 Å². The lowest BCUT2D eigenvalue weighted by Gasteiger charge is -2.12. The van der Waals surface area contributed by atoms with Gasteiger partial charge in [0.2, 0.25) is 11.8 Å². The standard InChI is InChI=1S/C20H29N5O3S/c1-14(2)12-25-18(8-7-17(21)26)23-24-20(25)29-13-19(27)22-9-10-28-16-6-4-5-15(3)11-16/h4-6,11,14H,7-10,12-13H2,1-3H3,(H2,21,26)(H,22,27). The molecule has 0 aliphatic rings. The quantitative estimate of drug-likeness (QED) is 0.402. The zero-order chi connectivity index (χ0) is 21.2. The van der Waals surface area contributed by atoms with Gasteiger partial charge in [-0.3, -0.25) is 9.59 Å². The first kappa shape index (κ1) is 22.7. The van der Waals surface area contributed by atoms with Gasteiger partial charge in [0.1, 0.15) is 18.2 Å². The molecule has 2 amide bonds. The molecule has 0 aliphatic heterocycles. The number of aryl methyl sites for hydroxylation is 2. The molecule has 0 spiro atoms. The predicted octanol–water partition coefficient (Wildman–Crippen LogP) is 1.95. The maximum Gasteiger partial charge on any atom is 0.230 e. The fraction of sp³-hybridized carbons (Fsp3) is 0.500. The molecule has 8 nitrogen and oxygen atoms in total. The predicted molar refractivity (Wildman–Crippen MR) is 113 cm³/mol. The van der Waals surface area contributed by atoms with Gasteiger partial charge >= 0.3 is 0 Å². The summed E-state index contributed by atoms with van der Waals surface area (Å²) in [7, 11) is 0. The minimum absolute atomic E-state index is 0.0966. The van der Waals surface area contributed by atoms with Crippen molar-refractivity contribution in [1.82, 2.24) is 20.1 Å². The number of nitrogens with zero attached hydrogens (tertiary/aromatic N) is 3. The van der Waals surface area contributed by atoms with Crippen LogP contribution in [-0.2, 0) is 22.6 Å². The van der Waals surface area contributed by atoms with Crippen molar-refractivity contribution in [3.63, 3.8) is 0 Å². The Kier molecular flexibility index (Phi) is 8.98. The van der Waals surface area contributed by atoms with E-state index in [1.807, 2.05) is 35.8 Å². The summed E-state index contributed by atoms with van der Waals surface area (Å²) in [6.45, 7) is 7.73. The first-order chi connectivity index (χ1) is 13.8. The molecule has 1 heterocycles. The van der Waals surface area contributed by atoms with E-state index in [4.69, 9.17) is 10.5 Å². The molecule has 1 aromatic heterocycles. The molecule has 0 saturated heterocycles. The zero-order valence-electron chi connectivity index (χ0n) is 17.2. The molecule has 0 bridgehead atoms. The van der Waals surface area contributed by atoms with Gasteiger partial charge in [-0.15, -0.1) is 10.2 Å². The van der Waals surface area contributed by atoms with E-state index >= 15 is 0 Å². The lowest BCUT2D eigenvalue weighted by atomic mass is 10.2. The molecule has 0 unspecified atom stereocenters. The monoisotopic (exact) mass is 419 g/mol. The van der Waals surface area contributed by atoms with E-state index in [9.17, 15) is 9.59 Å². The number of carbonyl (C=O) groups excluding carboxylic acids is 2. The van der Waals surface area contributed by atoms with Gasteiger partial charge < -0.3 is 20.4 Å². The van der Waals surface area contributed by atoms with Crippen LogP contribution in [0.1, 0.15) is 31.7 Å². The molecular weight excluding hydrogens is 390 g/mol. The number of ether oxygens (including phenoxy) is 1. The number of nitrogens with one attached hydrogen (secondary N) is 1. The number of hydrogen-bond donors (Lipinski definition) is 2. The minimum Gasteiger partial charge on any atom is -0.492 e. The molecule has 0 atom stereocenters. The number of aromatic nitrogens is 3. The van der Waals surface area contributed by atoms with Gasteiger partial charge in [0.05, 0.1) is 12.3 Å². The van der Waals surface area contributed by atoms with Crippen LogP contribution in [0.2, 0.25) is 0 Å². The van der Waals surface area contributed by atoms with Crippen molar-refractivity contribution in [3.05, 3.63) is 35.7 Å². The molecule has 2 aromatic rings. The number of carbonyl (C=O) groups is 2. The smallest absolute Gasteiger partial charge is 0.230 e. The van der Waals surface area contributed by atoms with Crippen LogP contribution in [0.3, 0.4) is 0 Å². The molecule has 2 rings (SSSR count). The summed E-state index contributed by atoms with van der Waals surface area (Å²) in [6.07, 6.45) is 0.667. The zero-order valence-corrected chi connectivity index (χ0v) is 18.0. The third-order valence-electron chi connectivity index (χ3n) is 3.95. The lowest BCUT2D eigenvalue weighted by molar-refractivity contribution is -0.119. The van der Waals surface area contributed by atoms with Crippen LogP contribution in [0.4, 0.5) is 0 Å². The molecule has 3 N–H and O–H groups in total. The largest absolute Gasteiger partial charge is 0.492 e. The summed E-state index contributed by atoms with van der Waals surface area (Å²) in [6, 6.07) is 7.78. The van der Waals surface area contributed by atoms with Gasteiger partial charge in [-0.1, -0.05) is 37.7 Å². The van der Waals surface area contributed by atoms with Crippen molar-refractivity contribution in [1.29, 1.82) is 0 Å². The summed E-state index contributed by atoms with van der Waals surface area (Å²) in [5.41, 5.74) is 6.36. The average molecular weight is 420 g/mol. The Labute approximate surface area is 175 Å². The van der Waals surface area contributed by atoms with E-state index in [0.29, 0.717) is 36.5 Å². The second kappa shape index (κ2) is 11.5. The maximum atomic E-state index is 12.1. The number of nitrogens with two attached hydrogens (primary N) is 1. The van der Waals surface area contributed by atoms with Crippen LogP contribution in [-0.4, -0.2) is 45.5 Å². The minimum atomic E-state index is -0.370. The fourth-order valence-electron chi connectivity index (χ4n) is 2.64. The van der Waals surface area contributed by atoms with Crippen LogP contribution in [0, 0.1) is 12.8 Å². The molecule has 0 aliphatic carbocycles. The van der Waals surface area contributed by atoms with Crippen LogP contribution >= 0.6 is 11.8 Å². The SMILES string of the molecule is Cc1cccc(OCCNC(=O)CSc2nnc(CCC(N)=O)n2CC(C)C)c1. The van der Waals surface area contributed by atoms with E-state index < -0.39 is 0 Å². The van der Waals surface area contributed by atoms with E-state index in [2.05, 4.69) is 29.4 Å². The van der Waals surface area contributed by atoms with Crippen molar-refractivity contribution in [2.24, 2.45) is 11.7 Å². The number of hydrogen-bond acceptors (Lipinski definition) is 6. The van der Waals surface area contributed by atoms with Crippen molar-refractivity contribution < 1.29 is 14.3 Å². The van der Waals surface area contributed by atoms with Crippen LogP contribution in [0.25, 0.3) is 0 Å². The molecule has 158 valence electrons. The van der Waals surface area contributed by atoms with Crippen LogP contribution in [0.5, 0.6) is 5.75 Å². The first-order valence-corrected chi connectivity index (χ1v) is 10.6. The molecular formula is C20H29N5O3S. The van der Waals surface area contributed by atoms with Gasteiger partial charge in [-0.05, 0) is 30.5 Å². The average Bonchev–Trinajstić information content (AvgIpc) is 3.03. The molecule has 0 saturated carbocycles. The summed E-state index contributed by atoms with van der Waals surface area (Å²) in [5, 5.41) is 11.9. The van der Waals surface area contributed by atoms with E-state index in [0.717, 1.165) is 17.9 Å². The van der Waals surface area contributed by atoms with E-state index in [1.165, 1.54) is 11.8 Å². The van der Waals surface area contributed by atoms with Crippen molar-refractivity contribution in [3.8, 4) is 5.75 Å².